The smallest absolute Gasteiger partial charge is 0.241 e. The molecule has 0 saturated carbocycles. The third-order valence-electron chi connectivity index (χ3n) is 4.20. The van der Waals surface area contributed by atoms with E-state index in [1.54, 1.807) is 26.1 Å². The fraction of sp³-hybridized carbons (Fsp3) is 0.200. The Balaban J connectivity index is 1.75. The van der Waals surface area contributed by atoms with E-state index in [2.05, 4.69) is 15.0 Å². The van der Waals surface area contributed by atoms with Gasteiger partial charge < -0.3 is 5.32 Å². The summed E-state index contributed by atoms with van der Waals surface area (Å²) in [4.78, 5) is 16.8. The van der Waals surface area contributed by atoms with Crippen molar-refractivity contribution in [2.24, 2.45) is 0 Å². The van der Waals surface area contributed by atoms with E-state index >= 15 is 0 Å². The van der Waals surface area contributed by atoms with E-state index < -0.39 is 15.9 Å². The Labute approximate surface area is 158 Å². The van der Waals surface area contributed by atoms with Crippen LogP contribution in [0, 0.1) is 20.8 Å². The van der Waals surface area contributed by atoms with Gasteiger partial charge in [-0.15, -0.1) is 0 Å². The van der Waals surface area contributed by atoms with E-state index in [0.717, 1.165) is 10.9 Å². The fourth-order valence-electron chi connectivity index (χ4n) is 3.22. The Morgan fingerprint density at radius 3 is 2.41 bits per heavy atom. The van der Waals surface area contributed by atoms with Crippen LogP contribution in [0.3, 0.4) is 0 Å². The molecule has 0 bridgehead atoms. The average Bonchev–Trinajstić information content (AvgIpc) is 2.59. The highest BCUT2D eigenvalue weighted by molar-refractivity contribution is 7.89. The number of para-hydroxylation sites is 1. The van der Waals surface area contributed by atoms with Crippen LogP contribution in [0.4, 0.5) is 5.69 Å². The van der Waals surface area contributed by atoms with Gasteiger partial charge in [0, 0.05) is 11.6 Å². The van der Waals surface area contributed by atoms with Crippen molar-refractivity contribution < 1.29 is 13.2 Å². The number of aryl methyl sites for hydroxylation is 3. The van der Waals surface area contributed by atoms with Gasteiger partial charge in [0.15, 0.2) is 0 Å². The Kier molecular flexibility index (Phi) is 5.25. The van der Waals surface area contributed by atoms with Crippen LogP contribution in [-0.2, 0) is 14.8 Å². The van der Waals surface area contributed by atoms with Crippen LogP contribution >= 0.6 is 0 Å². The number of sulfonamides is 1. The van der Waals surface area contributed by atoms with Gasteiger partial charge in [-0.3, -0.25) is 9.78 Å². The van der Waals surface area contributed by atoms with Gasteiger partial charge in [0.1, 0.15) is 0 Å². The zero-order chi connectivity index (χ0) is 19.6. The first-order valence-corrected chi connectivity index (χ1v) is 9.97. The van der Waals surface area contributed by atoms with Crippen molar-refractivity contribution in [1.82, 2.24) is 9.71 Å². The molecule has 3 rings (SSSR count). The predicted octanol–water partition coefficient (Wildman–Crippen LogP) is 3.08. The highest BCUT2D eigenvalue weighted by Gasteiger charge is 2.21. The summed E-state index contributed by atoms with van der Waals surface area (Å²) in [6.07, 6.45) is 1.64. The minimum atomic E-state index is -3.79. The van der Waals surface area contributed by atoms with Crippen molar-refractivity contribution in [1.29, 1.82) is 0 Å². The molecule has 27 heavy (non-hydrogen) atoms. The van der Waals surface area contributed by atoms with E-state index in [4.69, 9.17) is 0 Å². The first kappa shape index (κ1) is 19.0. The summed E-state index contributed by atoms with van der Waals surface area (Å²) in [5.41, 5.74) is 3.49. The maximum atomic E-state index is 12.7. The van der Waals surface area contributed by atoms with Gasteiger partial charge >= 0.3 is 0 Å². The van der Waals surface area contributed by atoms with Crippen molar-refractivity contribution in [3.05, 3.63) is 65.4 Å². The molecule has 0 fully saturated rings. The van der Waals surface area contributed by atoms with Crippen molar-refractivity contribution in [3.8, 4) is 0 Å². The van der Waals surface area contributed by atoms with Crippen LogP contribution in [0.15, 0.2) is 53.6 Å². The molecule has 3 aromatic rings. The van der Waals surface area contributed by atoms with Crippen molar-refractivity contribution in [3.63, 3.8) is 0 Å². The van der Waals surface area contributed by atoms with Crippen molar-refractivity contribution in [2.45, 2.75) is 25.7 Å². The van der Waals surface area contributed by atoms with E-state index in [-0.39, 0.29) is 11.4 Å². The van der Waals surface area contributed by atoms with Gasteiger partial charge in [-0.1, -0.05) is 35.9 Å². The van der Waals surface area contributed by atoms with E-state index in [9.17, 15) is 13.2 Å². The number of amides is 1. The van der Waals surface area contributed by atoms with Crippen LogP contribution in [0.1, 0.15) is 16.7 Å². The molecule has 140 valence electrons. The summed E-state index contributed by atoms with van der Waals surface area (Å²) in [6.45, 7) is 5.04. The minimum Gasteiger partial charge on any atom is -0.323 e. The molecule has 2 N–H and O–H groups in total. The van der Waals surface area contributed by atoms with Crippen LogP contribution in [0.25, 0.3) is 10.9 Å². The Morgan fingerprint density at radius 2 is 1.70 bits per heavy atom. The lowest BCUT2D eigenvalue weighted by Crippen LogP contribution is -2.33. The number of anilines is 1. The van der Waals surface area contributed by atoms with Crippen molar-refractivity contribution in [2.75, 3.05) is 11.9 Å². The predicted molar refractivity (Wildman–Crippen MR) is 106 cm³/mol. The lowest BCUT2D eigenvalue weighted by atomic mass is 10.1. The normalized spacial score (nSPS) is 11.5. The minimum absolute atomic E-state index is 0.215. The molecule has 0 atom stereocenters. The number of carbonyl (C=O) groups excluding carboxylic acids is 1. The quantitative estimate of drug-likeness (QED) is 0.709. The van der Waals surface area contributed by atoms with Crippen LogP contribution in [0.5, 0.6) is 0 Å². The molecule has 1 heterocycles. The van der Waals surface area contributed by atoms with Crippen LogP contribution in [0.2, 0.25) is 0 Å². The first-order chi connectivity index (χ1) is 12.8. The molecule has 6 nitrogen and oxygen atoms in total. The second kappa shape index (κ2) is 7.46. The standard InChI is InChI=1S/C20H21N3O3S/c1-13-10-14(2)20(15(3)11-13)27(25,26)22-12-18(24)23-17-8-4-6-16-7-5-9-21-19(16)17/h4-11,22H,12H2,1-3H3,(H,23,24). The first-order valence-electron chi connectivity index (χ1n) is 8.49. The summed E-state index contributed by atoms with van der Waals surface area (Å²) in [5, 5.41) is 3.61. The third-order valence-corrected chi connectivity index (χ3v) is 5.91. The number of rotatable bonds is 5. The number of nitrogens with one attached hydrogen (secondary N) is 2. The third kappa shape index (κ3) is 4.15. The van der Waals surface area contributed by atoms with Gasteiger partial charge in [-0.05, 0) is 44.0 Å². The molecule has 0 aliphatic heterocycles. The molecule has 1 amide bonds. The lowest BCUT2D eigenvalue weighted by molar-refractivity contribution is -0.115. The number of hydrogen-bond donors (Lipinski definition) is 2. The fourth-order valence-corrected chi connectivity index (χ4v) is 4.65. The molecular weight excluding hydrogens is 362 g/mol. The number of pyridine rings is 1. The van der Waals surface area contributed by atoms with Crippen molar-refractivity contribution >= 4 is 32.5 Å². The van der Waals surface area contributed by atoms with Crippen LogP contribution < -0.4 is 10.0 Å². The zero-order valence-corrected chi connectivity index (χ0v) is 16.2. The van der Waals surface area contributed by atoms with Gasteiger partial charge in [0.2, 0.25) is 15.9 Å². The van der Waals surface area contributed by atoms with Crippen LogP contribution in [-0.4, -0.2) is 25.9 Å². The summed E-state index contributed by atoms with van der Waals surface area (Å²) in [5.74, 6) is -0.459. The number of nitrogens with zero attached hydrogens (tertiary/aromatic N) is 1. The molecule has 7 heteroatoms. The topological polar surface area (TPSA) is 88.2 Å². The summed E-state index contributed by atoms with van der Waals surface area (Å²) >= 11 is 0. The molecule has 0 spiro atoms. The highest BCUT2D eigenvalue weighted by atomic mass is 32.2. The Hall–Kier alpha value is -2.77. The molecule has 0 saturated heterocycles. The molecule has 1 aromatic heterocycles. The lowest BCUT2D eigenvalue weighted by Gasteiger charge is -2.13. The Bertz CT molecular complexity index is 1100. The molecule has 2 aromatic carbocycles. The van der Waals surface area contributed by atoms with E-state index in [1.807, 2.05) is 43.3 Å². The van der Waals surface area contributed by atoms with E-state index in [0.29, 0.717) is 22.3 Å². The van der Waals surface area contributed by atoms with Gasteiger partial charge in [0.05, 0.1) is 22.6 Å². The number of benzene rings is 2. The molecule has 0 radical (unpaired) electrons. The largest absolute Gasteiger partial charge is 0.323 e. The zero-order valence-electron chi connectivity index (χ0n) is 15.4. The second-order valence-electron chi connectivity index (χ2n) is 6.48. The van der Waals surface area contributed by atoms with E-state index in [1.165, 1.54) is 0 Å². The number of carbonyl (C=O) groups is 1. The maximum absolute atomic E-state index is 12.7. The highest BCUT2D eigenvalue weighted by Crippen LogP contribution is 2.22. The second-order valence-corrected chi connectivity index (χ2v) is 8.19. The molecule has 0 aliphatic rings. The molecule has 0 unspecified atom stereocenters. The van der Waals surface area contributed by atoms with Gasteiger partial charge in [0.25, 0.3) is 0 Å². The number of fused-ring (bicyclic) bond motifs is 1. The summed E-state index contributed by atoms with van der Waals surface area (Å²) in [7, 11) is -3.79. The number of aromatic nitrogens is 1. The SMILES string of the molecule is Cc1cc(C)c(S(=O)(=O)NCC(=O)Nc2cccc3cccnc23)c(C)c1. The molecular formula is C20H21N3O3S. The van der Waals surface area contributed by atoms with Gasteiger partial charge in [-0.2, -0.15) is 0 Å². The summed E-state index contributed by atoms with van der Waals surface area (Å²) < 4.78 is 27.7. The van der Waals surface area contributed by atoms with Gasteiger partial charge in [-0.25, -0.2) is 13.1 Å². The maximum Gasteiger partial charge on any atom is 0.241 e. The number of hydrogen-bond acceptors (Lipinski definition) is 4. The monoisotopic (exact) mass is 383 g/mol. The molecule has 0 aliphatic carbocycles. The Morgan fingerprint density at radius 1 is 1.04 bits per heavy atom. The average molecular weight is 383 g/mol. The summed E-state index contributed by atoms with van der Waals surface area (Å²) in [6, 6.07) is 12.8.